The fraction of sp³-hybridized carbons (Fsp3) is 0.480. The maximum absolute atomic E-state index is 13.7. The molecule has 0 aliphatic carbocycles. The predicted octanol–water partition coefficient (Wildman–Crippen LogP) is 5.11. The summed E-state index contributed by atoms with van der Waals surface area (Å²) in [5.41, 5.74) is 3.02. The quantitative estimate of drug-likeness (QED) is 0.616. The predicted molar refractivity (Wildman–Crippen MR) is 118 cm³/mol. The number of Topliss-reactive ketones (excluding diaryl/α,β-unsaturated/α-hetero) is 1. The van der Waals surface area contributed by atoms with E-state index in [0.29, 0.717) is 5.78 Å². The van der Waals surface area contributed by atoms with Crippen LogP contribution < -0.4 is 10.2 Å². The van der Waals surface area contributed by atoms with Crippen molar-refractivity contribution in [1.29, 1.82) is 0 Å². The molecule has 2 aromatic rings. The fourth-order valence-corrected chi connectivity index (χ4v) is 4.30. The molecule has 1 atom stereocenters. The van der Waals surface area contributed by atoms with Gasteiger partial charge in [0, 0.05) is 42.8 Å². The van der Waals surface area contributed by atoms with E-state index < -0.39 is 0 Å². The van der Waals surface area contributed by atoms with Crippen LogP contribution in [0.4, 0.5) is 5.69 Å². The van der Waals surface area contributed by atoms with Gasteiger partial charge in [0.15, 0.2) is 5.78 Å². The molecule has 1 N–H and O–H groups in total. The van der Waals surface area contributed by atoms with Crippen LogP contribution in [0, 0.1) is 5.41 Å². The second-order valence-corrected chi connectivity index (χ2v) is 8.01. The van der Waals surface area contributed by atoms with Crippen molar-refractivity contribution in [3.63, 3.8) is 0 Å². The number of hydrogen-bond acceptors (Lipinski definition) is 3. The molecule has 3 heteroatoms. The molecule has 0 radical (unpaired) electrons. The second-order valence-electron chi connectivity index (χ2n) is 8.01. The third-order valence-electron chi connectivity index (χ3n) is 6.16. The van der Waals surface area contributed by atoms with Gasteiger partial charge >= 0.3 is 0 Å². The lowest BCUT2D eigenvalue weighted by Crippen LogP contribution is -2.43. The highest BCUT2D eigenvalue weighted by molar-refractivity contribution is 6.01. The van der Waals surface area contributed by atoms with Gasteiger partial charge < -0.3 is 10.2 Å². The largest absolute Gasteiger partial charge is 0.369 e. The average molecular weight is 379 g/mol. The van der Waals surface area contributed by atoms with E-state index in [9.17, 15) is 4.79 Å². The fourth-order valence-electron chi connectivity index (χ4n) is 4.30. The highest BCUT2D eigenvalue weighted by Crippen LogP contribution is 2.37. The molecular formula is C25H34N2O. The Balaban J connectivity index is 1.83. The van der Waals surface area contributed by atoms with Crippen LogP contribution in [0.2, 0.25) is 0 Å². The number of carbonyl (C=O) groups excluding carboxylic acids is 1. The zero-order valence-corrected chi connectivity index (χ0v) is 17.4. The second kappa shape index (κ2) is 9.88. The highest BCUT2D eigenvalue weighted by atomic mass is 16.1. The van der Waals surface area contributed by atoms with Crippen LogP contribution in [-0.4, -0.2) is 32.0 Å². The van der Waals surface area contributed by atoms with E-state index in [1.165, 1.54) is 11.3 Å². The first kappa shape index (κ1) is 20.6. The lowest BCUT2D eigenvalue weighted by Gasteiger charge is -2.32. The Kier molecular flexibility index (Phi) is 7.27. The lowest BCUT2D eigenvalue weighted by molar-refractivity contribution is 0.0760. The summed E-state index contributed by atoms with van der Waals surface area (Å²) in [6.45, 7) is 8.47. The van der Waals surface area contributed by atoms with Crippen LogP contribution in [0.5, 0.6) is 0 Å². The van der Waals surface area contributed by atoms with Gasteiger partial charge in [-0.05, 0) is 49.1 Å². The van der Waals surface area contributed by atoms with Crippen LogP contribution in [0.1, 0.15) is 55.5 Å². The molecular weight excluding hydrogens is 344 g/mol. The van der Waals surface area contributed by atoms with Crippen molar-refractivity contribution in [2.24, 2.45) is 5.41 Å². The molecule has 1 heterocycles. The summed E-state index contributed by atoms with van der Waals surface area (Å²) in [4.78, 5) is 16.1. The zero-order valence-electron chi connectivity index (χ0n) is 17.4. The summed E-state index contributed by atoms with van der Waals surface area (Å²) in [7, 11) is 0. The third kappa shape index (κ3) is 4.82. The number of anilines is 1. The van der Waals surface area contributed by atoms with E-state index in [4.69, 9.17) is 0 Å². The van der Waals surface area contributed by atoms with Gasteiger partial charge in [-0.2, -0.15) is 0 Å². The van der Waals surface area contributed by atoms with Crippen LogP contribution in [0.25, 0.3) is 0 Å². The number of ketones is 1. The summed E-state index contributed by atoms with van der Waals surface area (Å²) in [5, 5.41) is 3.39. The minimum absolute atomic E-state index is 0.305. The molecule has 2 aromatic carbocycles. The smallest absolute Gasteiger partial charge is 0.169 e. The molecule has 0 bridgehead atoms. The maximum Gasteiger partial charge on any atom is 0.169 e. The van der Waals surface area contributed by atoms with Crippen LogP contribution >= 0.6 is 0 Å². The van der Waals surface area contributed by atoms with E-state index in [1.807, 2.05) is 18.2 Å². The Labute approximate surface area is 170 Å². The number of rotatable bonds is 9. The Morgan fingerprint density at radius 3 is 2.29 bits per heavy atom. The van der Waals surface area contributed by atoms with Gasteiger partial charge in [-0.1, -0.05) is 57.0 Å². The molecule has 0 amide bonds. The number of carbonyl (C=O) groups is 1. The van der Waals surface area contributed by atoms with Gasteiger partial charge in [0.1, 0.15) is 0 Å². The molecule has 1 aliphatic heterocycles. The SMILES string of the molecule is CCCCC(CC)(Cc1ccccc1)C(=O)c1ccc(N2CCNCC2)cc1. The maximum atomic E-state index is 13.7. The van der Waals surface area contributed by atoms with Gasteiger partial charge in [0.05, 0.1) is 0 Å². The van der Waals surface area contributed by atoms with Crippen LogP contribution in [0.3, 0.4) is 0 Å². The van der Waals surface area contributed by atoms with Crippen molar-refractivity contribution in [3.8, 4) is 0 Å². The number of nitrogens with one attached hydrogen (secondary N) is 1. The molecule has 0 saturated carbocycles. The summed E-state index contributed by atoms with van der Waals surface area (Å²) < 4.78 is 0. The molecule has 0 spiro atoms. The van der Waals surface area contributed by atoms with Crippen molar-refractivity contribution in [3.05, 3.63) is 65.7 Å². The Morgan fingerprint density at radius 2 is 1.68 bits per heavy atom. The molecule has 3 nitrogen and oxygen atoms in total. The first-order valence-corrected chi connectivity index (χ1v) is 10.8. The molecule has 1 aliphatic rings. The summed E-state index contributed by atoms with van der Waals surface area (Å²) in [5.74, 6) is 0.305. The van der Waals surface area contributed by atoms with Crippen LogP contribution in [-0.2, 0) is 6.42 Å². The number of unbranched alkanes of at least 4 members (excludes halogenated alkanes) is 1. The molecule has 150 valence electrons. The summed E-state index contributed by atoms with van der Waals surface area (Å²) in [6, 6.07) is 18.8. The Hall–Kier alpha value is -2.13. The minimum atomic E-state index is -0.312. The van der Waals surface area contributed by atoms with Crippen molar-refractivity contribution in [1.82, 2.24) is 5.32 Å². The molecule has 1 fully saturated rings. The van der Waals surface area contributed by atoms with E-state index in [2.05, 4.69) is 60.5 Å². The van der Waals surface area contributed by atoms with Crippen molar-refractivity contribution in [2.75, 3.05) is 31.1 Å². The Morgan fingerprint density at radius 1 is 1.00 bits per heavy atom. The number of benzene rings is 2. The standard InChI is InChI=1S/C25H34N2O/c1-3-5-15-25(4-2,20-21-9-7-6-8-10-21)24(28)22-11-13-23(14-12-22)27-18-16-26-17-19-27/h6-14,26H,3-5,15-20H2,1-2H3. The highest BCUT2D eigenvalue weighted by Gasteiger charge is 2.36. The summed E-state index contributed by atoms with van der Waals surface area (Å²) in [6.07, 6.45) is 4.85. The number of hydrogen-bond donors (Lipinski definition) is 1. The van der Waals surface area contributed by atoms with Gasteiger partial charge in [-0.15, -0.1) is 0 Å². The lowest BCUT2D eigenvalue weighted by atomic mass is 9.70. The van der Waals surface area contributed by atoms with E-state index >= 15 is 0 Å². The normalized spacial score (nSPS) is 16.6. The van der Waals surface area contributed by atoms with Gasteiger partial charge in [0.25, 0.3) is 0 Å². The van der Waals surface area contributed by atoms with Gasteiger partial charge in [-0.3, -0.25) is 4.79 Å². The van der Waals surface area contributed by atoms with Crippen molar-refractivity contribution >= 4 is 11.5 Å². The molecule has 3 rings (SSSR count). The number of nitrogens with zero attached hydrogens (tertiary/aromatic N) is 1. The van der Waals surface area contributed by atoms with Crippen molar-refractivity contribution < 1.29 is 4.79 Å². The first-order chi connectivity index (χ1) is 13.7. The van der Waals surface area contributed by atoms with Crippen LogP contribution in [0.15, 0.2) is 54.6 Å². The molecule has 1 saturated heterocycles. The number of piperazine rings is 1. The van der Waals surface area contributed by atoms with Gasteiger partial charge in [0.2, 0.25) is 0 Å². The topological polar surface area (TPSA) is 32.3 Å². The first-order valence-electron chi connectivity index (χ1n) is 10.8. The van der Waals surface area contributed by atoms with E-state index in [1.54, 1.807) is 0 Å². The summed E-state index contributed by atoms with van der Waals surface area (Å²) >= 11 is 0. The Bertz CT molecular complexity index is 735. The monoisotopic (exact) mass is 378 g/mol. The third-order valence-corrected chi connectivity index (χ3v) is 6.16. The van der Waals surface area contributed by atoms with E-state index in [-0.39, 0.29) is 5.41 Å². The van der Waals surface area contributed by atoms with Gasteiger partial charge in [-0.25, -0.2) is 0 Å². The average Bonchev–Trinajstić information content (AvgIpc) is 2.77. The molecule has 0 aromatic heterocycles. The molecule has 1 unspecified atom stereocenters. The van der Waals surface area contributed by atoms with E-state index in [0.717, 1.165) is 63.8 Å². The minimum Gasteiger partial charge on any atom is -0.369 e. The zero-order chi connectivity index (χ0) is 19.8. The van der Waals surface area contributed by atoms with Crippen molar-refractivity contribution in [2.45, 2.75) is 46.0 Å². The molecule has 28 heavy (non-hydrogen) atoms.